The summed E-state index contributed by atoms with van der Waals surface area (Å²) in [7, 11) is 0. The first-order chi connectivity index (χ1) is 8.31. The molecule has 2 aromatic heterocycles. The van der Waals surface area contributed by atoms with Crippen LogP contribution in [-0.4, -0.2) is 21.1 Å². The van der Waals surface area contributed by atoms with Gasteiger partial charge in [-0.3, -0.25) is 4.79 Å². The number of aromatic amines is 1. The van der Waals surface area contributed by atoms with Crippen LogP contribution in [0.5, 0.6) is 0 Å². The zero-order valence-electron chi connectivity index (χ0n) is 9.29. The van der Waals surface area contributed by atoms with Crippen LogP contribution in [0.1, 0.15) is 16.8 Å². The minimum Gasteiger partial charge on any atom is -0.311 e. The first-order valence-electron chi connectivity index (χ1n) is 5.56. The third-order valence-electron chi connectivity index (χ3n) is 3.09. The number of aromatic nitrogens is 3. The van der Waals surface area contributed by atoms with Gasteiger partial charge in [-0.15, -0.1) is 12.3 Å². The van der Waals surface area contributed by atoms with E-state index in [0.717, 1.165) is 35.4 Å². The molecule has 86 valence electrons. The van der Waals surface area contributed by atoms with E-state index < -0.39 is 0 Å². The molecule has 0 unspecified atom stereocenters. The van der Waals surface area contributed by atoms with Gasteiger partial charge in [-0.25, -0.2) is 4.52 Å². The average Bonchev–Trinajstić information content (AvgIpc) is 2.74. The number of hydrogen-bond donors (Lipinski definition) is 2. The second-order valence-corrected chi connectivity index (χ2v) is 4.12. The number of hydrogen-bond acceptors (Lipinski definition) is 3. The predicted molar refractivity (Wildman–Crippen MR) is 63.8 cm³/mol. The number of fused-ring (bicyclic) bond motifs is 3. The molecule has 5 heteroatoms. The lowest BCUT2D eigenvalue weighted by molar-refractivity contribution is 0.600. The molecule has 0 fully saturated rings. The lowest BCUT2D eigenvalue weighted by Crippen LogP contribution is -2.32. The van der Waals surface area contributed by atoms with E-state index in [-0.39, 0.29) is 5.56 Å². The summed E-state index contributed by atoms with van der Waals surface area (Å²) in [6, 6.07) is 0. The smallest absolute Gasteiger partial charge is 0.254 e. The molecule has 0 amide bonds. The lowest BCUT2D eigenvalue weighted by Gasteiger charge is -2.16. The van der Waals surface area contributed by atoms with E-state index >= 15 is 0 Å². The zero-order chi connectivity index (χ0) is 11.8. The molecule has 0 aliphatic carbocycles. The Bertz CT molecular complexity index is 674. The molecule has 0 aromatic carbocycles. The number of H-pyrrole nitrogens is 1. The molecular weight excluding hydrogens is 216 g/mol. The zero-order valence-corrected chi connectivity index (χ0v) is 9.29. The van der Waals surface area contributed by atoms with Gasteiger partial charge in [0.1, 0.15) is 5.65 Å². The number of nitrogens with zero attached hydrogens (tertiary/aromatic N) is 2. The fourth-order valence-corrected chi connectivity index (χ4v) is 2.26. The van der Waals surface area contributed by atoms with Crippen molar-refractivity contribution in [1.29, 1.82) is 0 Å². The van der Waals surface area contributed by atoms with Crippen molar-refractivity contribution in [3.63, 3.8) is 0 Å². The van der Waals surface area contributed by atoms with Crippen LogP contribution >= 0.6 is 0 Å². The van der Waals surface area contributed by atoms with Crippen molar-refractivity contribution >= 4 is 5.65 Å². The molecule has 3 rings (SSSR count). The summed E-state index contributed by atoms with van der Waals surface area (Å²) in [4.78, 5) is 14.8. The first kappa shape index (κ1) is 10.1. The van der Waals surface area contributed by atoms with E-state index in [0.29, 0.717) is 13.0 Å². The third kappa shape index (κ3) is 1.46. The Hall–Kier alpha value is -2.06. The van der Waals surface area contributed by atoms with E-state index in [1.54, 1.807) is 10.7 Å². The van der Waals surface area contributed by atoms with Gasteiger partial charge < -0.3 is 10.3 Å². The Balaban J connectivity index is 2.33. The van der Waals surface area contributed by atoms with Crippen molar-refractivity contribution in [2.24, 2.45) is 0 Å². The van der Waals surface area contributed by atoms with E-state index in [9.17, 15) is 4.79 Å². The van der Waals surface area contributed by atoms with Crippen LogP contribution in [0.15, 0.2) is 11.0 Å². The summed E-state index contributed by atoms with van der Waals surface area (Å²) in [6.45, 7) is 1.51. The predicted octanol–water partition coefficient (Wildman–Crippen LogP) is -0.156. The van der Waals surface area contributed by atoms with Crippen LogP contribution in [-0.2, 0) is 19.4 Å². The molecule has 1 aliphatic rings. The van der Waals surface area contributed by atoms with Crippen LogP contribution in [0, 0.1) is 12.3 Å². The maximum atomic E-state index is 12.0. The van der Waals surface area contributed by atoms with Crippen LogP contribution in [0.3, 0.4) is 0 Å². The van der Waals surface area contributed by atoms with Gasteiger partial charge in [-0.05, 0) is 13.0 Å². The third-order valence-corrected chi connectivity index (χ3v) is 3.09. The van der Waals surface area contributed by atoms with E-state index in [4.69, 9.17) is 6.42 Å². The molecule has 2 N–H and O–H groups in total. The highest BCUT2D eigenvalue weighted by atomic mass is 16.1. The Labute approximate surface area is 97.9 Å². The number of rotatable bonds is 1. The minimum absolute atomic E-state index is 0.0206. The number of terminal acetylenes is 1. The van der Waals surface area contributed by atoms with Crippen LogP contribution in [0.25, 0.3) is 5.65 Å². The Morgan fingerprint density at radius 1 is 1.59 bits per heavy atom. The van der Waals surface area contributed by atoms with E-state index in [2.05, 4.69) is 21.3 Å². The maximum Gasteiger partial charge on any atom is 0.254 e. The molecule has 0 saturated carbocycles. The Kier molecular flexibility index (Phi) is 2.23. The van der Waals surface area contributed by atoms with Gasteiger partial charge in [-0.2, -0.15) is 5.10 Å². The van der Waals surface area contributed by atoms with Gasteiger partial charge in [-0.1, -0.05) is 0 Å². The highest BCUT2D eigenvalue weighted by molar-refractivity contribution is 5.49. The molecule has 3 heterocycles. The van der Waals surface area contributed by atoms with Crippen molar-refractivity contribution in [2.45, 2.75) is 19.4 Å². The summed E-state index contributed by atoms with van der Waals surface area (Å²) in [5.74, 6) is 2.57. The summed E-state index contributed by atoms with van der Waals surface area (Å²) in [5, 5.41) is 7.55. The van der Waals surface area contributed by atoms with E-state index in [1.165, 1.54) is 0 Å². The van der Waals surface area contributed by atoms with Crippen LogP contribution < -0.4 is 10.9 Å². The van der Waals surface area contributed by atoms with Crippen molar-refractivity contribution in [3.8, 4) is 12.3 Å². The van der Waals surface area contributed by atoms with Gasteiger partial charge in [0.05, 0.1) is 11.9 Å². The van der Waals surface area contributed by atoms with Crippen molar-refractivity contribution in [1.82, 2.24) is 19.9 Å². The molecule has 17 heavy (non-hydrogen) atoms. The molecule has 0 spiro atoms. The molecule has 1 aliphatic heterocycles. The van der Waals surface area contributed by atoms with Gasteiger partial charge in [0, 0.05) is 24.1 Å². The second-order valence-electron chi connectivity index (χ2n) is 4.12. The molecule has 0 atom stereocenters. The maximum absolute atomic E-state index is 12.0. The molecule has 0 radical (unpaired) electrons. The second kappa shape index (κ2) is 3.75. The highest BCUT2D eigenvalue weighted by Gasteiger charge is 2.18. The summed E-state index contributed by atoms with van der Waals surface area (Å²) >= 11 is 0. The quantitative estimate of drug-likeness (QED) is 0.667. The molecule has 2 aromatic rings. The monoisotopic (exact) mass is 228 g/mol. The summed E-state index contributed by atoms with van der Waals surface area (Å²) in [5.41, 5.74) is 3.35. The standard InChI is InChI=1S/C12H12N4O/c1-2-3-8-6-14-16-10-7-13-5-4-9(10)12(17)15-11(8)16/h1,6,13H,3-5,7H2,(H,15,17). The van der Waals surface area contributed by atoms with E-state index in [1.807, 2.05) is 0 Å². The number of nitrogens with one attached hydrogen (secondary N) is 2. The molecule has 5 nitrogen and oxygen atoms in total. The van der Waals surface area contributed by atoms with Gasteiger partial charge in [0.25, 0.3) is 5.56 Å². The fourth-order valence-electron chi connectivity index (χ4n) is 2.26. The van der Waals surface area contributed by atoms with Crippen molar-refractivity contribution in [2.75, 3.05) is 6.54 Å². The van der Waals surface area contributed by atoms with Gasteiger partial charge in [0.2, 0.25) is 0 Å². The average molecular weight is 228 g/mol. The molecule has 0 bridgehead atoms. The van der Waals surface area contributed by atoms with Crippen molar-refractivity contribution < 1.29 is 0 Å². The lowest BCUT2D eigenvalue weighted by atomic mass is 10.1. The normalized spacial score (nSPS) is 14.5. The van der Waals surface area contributed by atoms with Gasteiger partial charge >= 0.3 is 0 Å². The molecule has 0 saturated heterocycles. The topological polar surface area (TPSA) is 62.2 Å². The fraction of sp³-hybridized carbons (Fsp3) is 0.333. The summed E-state index contributed by atoms with van der Waals surface area (Å²) in [6.07, 6.45) is 8.24. The molecular formula is C12H12N4O. The Morgan fingerprint density at radius 2 is 2.47 bits per heavy atom. The Morgan fingerprint density at radius 3 is 3.29 bits per heavy atom. The first-order valence-corrected chi connectivity index (χ1v) is 5.56. The van der Waals surface area contributed by atoms with Crippen LogP contribution in [0.4, 0.5) is 0 Å². The largest absolute Gasteiger partial charge is 0.311 e. The van der Waals surface area contributed by atoms with Gasteiger partial charge in [0.15, 0.2) is 0 Å². The van der Waals surface area contributed by atoms with Crippen LogP contribution in [0.2, 0.25) is 0 Å². The minimum atomic E-state index is -0.0206. The highest BCUT2D eigenvalue weighted by Crippen LogP contribution is 2.14. The summed E-state index contributed by atoms with van der Waals surface area (Å²) < 4.78 is 1.79. The SMILES string of the molecule is C#CCc1cnn2c3c(c(=O)[nH]c12)CCNC3. The van der Waals surface area contributed by atoms with Crippen molar-refractivity contribution in [3.05, 3.63) is 33.4 Å².